The fraction of sp³-hybridized carbons (Fsp3) is 0.400. The molecule has 0 aliphatic rings. The first-order chi connectivity index (χ1) is 10.6. The van der Waals surface area contributed by atoms with Crippen LogP contribution in [0.1, 0.15) is 0 Å². The van der Waals surface area contributed by atoms with Gasteiger partial charge in [0.15, 0.2) is 0 Å². The van der Waals surface area contributed by atoms with E-state index in [-0.39, 0.29) is 13.1 Å². The average Bonchev–Trinajstić information content (AvgIpc) is 2.44. The molecule has 0 saturated heterocycles. The molecule has 12 nitrogen and oxygen atoms in total. The van der Waals surface area contributed by atoms with Crippen LogP contribution in [-0.4, -0.2) is 54.8 Å². The molecular formula is C10H14N4O8S. The highest BCUT2D eigenvalue weighted by Gasteiger charge is 2.36. The molecule has 1 aromatic carbocycles. The third kappa shape index (κ3) is 4.10. The van der Waals surface area contributed by atoms with Crippen LogP contribution in [0.2, 0.25) is 0 Å². The predicted octanol–water partition coefficient (Wildman–Crippen LogP) is -1.06. The van der Waals surface area contributed by atoms with E-state index in [9.17, 15) is 28.6 Å². The zero-order valence-electron chi connectivity index (χ0n) is 11.7. The summed E-state index contributed by atoms with van der Waals surface area (Å²) in [5, 5.41) is 45.3. The number of primary sulfonamides is 1. The van der Waals surface area contributed by atoms with Crippen molar-refractivity contribution < 1.29 is 28.5 Å². The lowest BCUT2D eigenvalue weighted by Gasteiger charge is -2.24. The van der Waals surface area contributed by atoms with Crippen LogP contribution in [0.25, 0.3) is 0 Å². The molecule has 0 aliphatic heterocycles. The van der Waals surface area contributed by atoms with Gasteiger partial charge >= 0.3 is 11.4 Å². The fourth-order valence-corrected chi connectivity index (χ4v) is 2.74. The first-order valence-electron chi connectivity index (χ1n) is 6.10. The van der Waals surface area contributed by atoms with Gasteiger partial charge in [0.25, 0.3) is 0 Å². The molecule has 1 rings (SSSR count). The van der Waals surface area contributed by atoms with E-state index in [0.29, 0.717) is 6.07 Å². The van der Waals surface area contributed by atoms with E-state index in [1.54, 1.807) is 0 Å². The molecule has 128 valence electrons. The molecule has 13 heteroatoms. The fourth-order valence-electron chi connectivity index (χ4n) is 1.99. The maximum Gasteiger partial charge on any atom is 0.370 e. The van der Waals surface area contributed by atoms with Crippen LogP contribution in [0, 0.1) is 20.2 Å². The molecule has 0 bridgehead atoms. The van der Waals surface area contributed by atoms with Crippen molar-refractivity contribution in [3.05, 3.63) is 32.4 Å². The van der Waals surface area contributed by atoms with Crippen LogP contribution in [0.4, 0.5) is 17.1 Å². The summed E-state index contributed by atoms with van der Waals surface area (Å²) in [7, 11) is -4.45. The minimum atomic E-state index is -4.45. The molecule has 0 spiro atoms. The van der Waals surface area contributed by atoms with Crippen molar-refractivity contribution in [2.75, 3.05) is 31.2 Å². The van der Waals surface area contributed by atoms with Gasteiger partial charge in [0.1, 0.15) is 10.6 Å². The maximum absolute atomic E-state index is 11.7. The molecule has 0 saturated carbocycles. The van der Waals surface area contributed by atoms with Gasteiger partial charge in [-0.1, -0.05) is 0 Å². The van der Waals surface area contributed by atoms with Crippen molar-refractivity contribution in [1.82, 2.24) is 0 Å². The van der Waals surface area contributed by atoms with Crippen molar-refractivity contribution in [3.63, 3.8) is 0 Å². The van der Waals surface area contributed by atoms with Crippen LogP contribution in [0.5, 0.6) is 0 Å². The highest BCUT2D eigenvalue weighted by Crippen LogP contribution is 2.41. The van der Waals surface area contributed by atoms with Crippen molar-refractivity contribution in [1.29, 1.82) is 0 Å². The van der Waals surface area contributed by atoms with E-state index < -0.39 is 55.0 Å². The number of nitro benzene ring substituents is 2. The van der Waals surface area contributed by atoms with E-state index in [2.05, 4.69) is 0 Å². The number of hydrogen-bond acceptors (Lipinski definition) is 9. The Morgan fingerprint density at radius 1 is 1.09 bits per heavy atom. The number of hydrogen-bond donors (Lipinski definition) is 3. The Balaban J connectivity index is 3.86. The van der Waals surface area contributed by atoms with Crippen molar-refractivity contribution in [3.8, 4) is 0 Å². The van der Waals surface area contributed by atoms with Gasteiger partial charge in [-0.2, -0.15) is 0 Å². The number of rotatable bonds is 8. The van der Waals surface area contributed by atoms with E-state index in [0.717, 1.165) is 11.0 Å². The molecule has 0 radical (unpaired) electrons. The molecule has 0 fully saturated rings. The summed E-state index contributed by atoms with van der Waals surface area (Å²) in [6.45, 7) is -1.68. The topological polar surface area (TPSA) is 190 Å². The van der Waals surface area contributed by atoms with E-state index in [1.165, 1.54) is 0 Å². The van der Waals surface area contributed by atoms with Gasteiger partial charge in [-0.15, -0.1) is 0 Å². The predicted molar refractivity (Wildman–Crippen MR) is 77.5 cm³/mol. The number of aliphatic hydroxyl groups excluding tert-OH is 2. The van der Waals surface area contributed by atoms with Gasteiger partial charge < -0.3 is 15.1 Å². The highest BCUT2D eigenvalue weighted by atomic mass is 32.2. The lowest BCUT2D eigenvalue weighted by molar-refractivity contribution is -0.422. The van der Waals surface area contributed by atoms with Crippen LogP contribution in [-0.2, 0) is 10.0 Å². The molecule has 0 heterocycles. The van der Waals surface area contributed by atoms with Crippen LogP contribution in [0.15, 0.2) is 17.0 Å². The van der Waals surface area contributed by atoms with Gasteiger partial charge in [-0.3, -0.25) is 20.2 Å². The number of sulfonamides is 1. The zero-order valence-corrected chi connectivity index (χ0v) is 12.5. The Morgan fingerprint density at radius 2 is 1.61 bits per heavy atom. The molecule has 1 aromatic rings. The molecule has 0 unspecified atom stereocenters. The molecule has 23 heavy (non-hydrogen) atoms. The van der Waals surface area contributed by atoms with Crippen LogP contribution in [0.3, 0.4) is 0 Å². The number of nitrogens with zero attached hydrogens (tertiary/aromatic N) is 3. The molecule has 0 atom stereocenters. The minimum absolute atomic E-state index is 0.301. The summed E-state index contributed by atoms with van der Waals surface area (Å²) < 4.78 is 23.3. The van der Waals surface area contributed by atoms with Crippen molar-refractivity contribution >= 4 is 27.1 Å². The summed E-state index contributed by atoms with van der Waals surface area (Å²) in [6.07, 6.45) is 0. The lowest BCUT2D eigenvalue weighted by Crippen LogP contribution is -2.32. The Bertz CT molecular complexity index is 714. The summed E-state index contributed by atoms with van der Waals surface area (Å²) in [6, 6.07) is 1.44. The van der Waals surface area contributed by atoms with E-state index in [1.807, 2.05) is 0 Å². The second-order valence-corrected chi connectivity index (χ2v) is 5.80. The van der Waals surface area contributed by atoms with Crippen molar-refractivity contribution in [2.45, 2.75) is 4.90 Å². The van der Waals surface area contributed by atoms with Gasteiger partial charge in [0.2, 0.25) is 10.0 Å². The van der Waals surface area contributed by atoms with Crippen LogP contribution < -0.4 is 10.0 Å². The Morgan fingerprint density at radius 3 is 1.96 bits per heavy atom. The number of nitro groups is 2. The van der Waals surface area contributed by atoms with Gasteiger partial charge in [-0.05, 0) is 6.07 Å². The van der Waals surface area contributed by atoms with Crippen LogP contribution >= 0.6 is 0 Å². The third-order valence-corrected chi connectivity index (χ3v) is 3.78. The van der Waals surface area contributed by atoms with Gasteiger partial charge in [0.05, 0.1) is 23.1 Å². The smallest absolute Gasteiger partial charge is 0.370 e. The Labute approximate surface area is 130 Å². The molecule has 4 N–H and O–H groups in total. The largest absolute Gasteiger partial charge is 0.395 e. The third-order valence-electron chi connectivity index (χ3n) is 2.83. The lowest BCUT2D eigenvalue weighted by atomic mass is 10.2. The molecule has 0 amide bonds. The van der Waals surface area contributed by atoms with E-state index in [4.69, 9.17) is 15.4 Å². The van der Waals surface area contributed by atoms with Gasteiger partial charge in [-0.25, -0.2) is 13.6 Å². The average molecular weight is 350 g/mol. The first kappa shape index (κ1) is 18.7. The number of benzene rings is 1. The Kier molecular flexibility index (Phi) is 5.91. The minimum Gasteiger partial charge on any atom is -0.395 e. The zero-order chi connectivity index (χ0) is 17.8. The summed E-state index contributed by atoms with van der Waals surface area (Å²) in [5.41, 5.74) is -2.66. The van der Waals surface area contributed by atoms with E-state index >= 15 is 0 Å². The van der Waals surface area contributed by atoms with Crippen molar-refractivity contribution in [2.24, 2.45) is 5.14 Å². The number of aliphatic hydroxyl groups is 2. The van der Waals surface area contributed by atoms with Gasteiger partial charge in [0, 0.05) is 19.2 Å². The summed E-state index contributed by atoms with van der Waals surface area (Å²) in [5.74, 6) is 0. The normalized spacial score (nSPS) is 11.3. The number of anilines is 1. The second kappa shape index (κ2) is 7.28. The Hall–Kier alpha value is -2.35. The SMILES string of the molecule is NS(=O)(=O)c1ccc([N+](=O)[O-])c([N+](=O)[O-])c1N(CCO)CCO. The molecular weight excluding hydrogens is 336 g/mol. The maximum atomic E-state index is 11.7. The number of nitrogens with two attached hydrogens (primary N) is 1. The quantitative estimate of drug-likeness (QED) is 0.387. The molecule has 0 aromatic heterocycles. The molecule has 0 aliphatic carbocycles. The highest BCUT2D eigenvalue weighted by molar-refractivity contribution is 7.89. The first-order valence-corrected chi connectivity index (χ1v) is 7.65. The summed E-state index contributed by atoms with van der Waals surface area (Å²) >= 11 is 0. The summed E-state index contributed by atoms with van der Waals surface area (Å²) in [4.78, 5) is 20.3. The second-order valence-electron chi connectivity index (χ2n) is 4.27. The monoisotopic (exact) mass is 350 g/mol. The standard InChI is InChI=1S/C10H14N4O8S/c11-23(21,22)8-2-1-7(13(17)18)9(14(19)20)10(8)12(3-5-15)4-6-16/h1-2,15-16H,3-6H2,(H2,11,21,22).